The lowest BCUT2D eigenvalue weighted by molar-refractivity contribution is -0.111. The average Bonchev–Trinajstić information content (AvgIpc) is 2.54. The molecule has 0 aromatic heterocycles. The number of esters is 1. The Morgan fingerprint density at radius 1 is 1.17 bits per heavy atom. The van der Waals surface area contributed by atoms with Crippen molar-refractivity contribution < 1.29 is 14.3 Å². The fourth-order valence-electron chi connectivity index (χ4n) is 2.00. The summed E-state index contributed by atoms with van der Waals surface area (Å²) in [7, 11) is 0. The van der Waals surface area contributed by atoms with Crippen LogP contribution in [-0.2, 0) is 9.53 Å². The molecule has 0 saturated carbocycles. The minimum atomic E-state index is -0.486. The number of halogens is 1. The summed E-state index contributed by atoms with van der Waals surface area (Å²) in [5.41, 5.74) is 2.87. The molecule has 0 radical (unpaired) electrons. The monoisotopic (exact) mass is 343 g/mol. The highest BCUT2D eigenvalue weighted by Crippen LogP contribution is 2.22. The largest absolute Gasteiger partial charge is 0.462 e. The van der Waals surface area contributed by atoms with Gasteiger partial charge < -0.3 is 10.1 Å². The SMILES string of the molecule is CCOC(=O)c1ccc(NC(=O)/C=C/c2ccc(C)cc2)cc1Cl. The number of ether oxygens (including phenoxy) is 1. The van der Waals surface area contributed by atoms with E-state index in [1.807, 2.05) is 31.2 Å². The molecule has 24 heavy (non-hydrogen) atoms. The average molecular weight is 344 g/mol. The van der Waals surface area contributed by atoms with Crippen molar-refractivity contribution in [2.75, 3.05) is 11.9 Å². The first-order chi connectivity index (χ1) is 11.5. The van der Waals surface area contributed by atoms with Gasteiger partial charge in [-0.1, -0.05) is 41.4 Å². The van der Waals surface area contributed by atoms with Crippen LogP contribution in [0.5, 0.6) is 0 Å². The molecule has 0 bridgehead atoms. The lowest BCUT2D eigenvalue weighted by Crippen LogP contribution is -2.09. The van der Waals surface area contributed by atoms with Crippen molar-refractivity contribution in [1.82, 2.24) is 0 Å². The molecular weight excluding hydrogens is 326 g/mol. The Labute approximate surface area is 146 Å². The second-order valence-corrected chi connectivity index (χ2v) is 5.56. The van der Waals surface area contributed by atoms with E-state index >= 15 is 0 Å². The summed E-state index contributed by atoms with van der Waals surface area (Å²) in [6.07, 6.45) is 3.17. The summed E-state index contributed by atoms with van der Waals surface area (Å²) in [6.45, 7) is 4.00. The summed E-state index contributed by atoms with van der Waals surface area (Å²) < 4.78 is 4.90. The lowest BCUT2D eigenvalue weighted by Gasteiger charge is -2.07. The number of hydrogen-bond acceptors (Lipinski definition) is 3. The number of rotatable bonds is 5. The van der Waals surface area contributed by atoms with Crippen molar-refractivity contribution in [2.45, 2.75) is 13.8 Å². The molecule has 1 amide bonds. The highest BCUT2D eigenvalue weighted by molar-refractivity contribution is 6.34. The molecule has 0 aliphatic carbocycles. The van der Waals surface area contributed by atoms with Crippen molar-refractivity contribution in [1.29, 1.82) is 0 Å². The first kappa shape index (κ1) is 17.8. The summed E-state index contributed by atoms with van der Waals surface area (Å²) >= 11 is 6.06. The van der Waals surface area contributed by atoms with E-state index in [4.69, 9.17) is 16.3 Å². The molecule has 0 unspecified atom stereocenters. The summed E-state index contributed by atoms with van der Waals surface area (Å²) in [4.78, 5) is 23.6. The zero-order chi connectivity index (χ0) is 17.5. The van der Waals surface area contributed by atoms with Gasteiger partial charge in [0.2, 0.25) is 5.91 Å². The Morgan fingerprint density at radius 2 is 1.88 bits per heavy atom. The maximum atomic E-state index is 12.0. The van der Waals surface area contributed by atoms with Crippen LogP contribution in [0.2, 0.25) is 5.02 Å². The van der Waals surface area contributed by atoms with Crippen molar-refractivity contribution in [3.8, 4) is 0 Å². The molecule has 0 heterocycles. The molecular formula is C19H18ClNO3. The molecule has 0 saturated heterocycles. The van der Waals surface area contributed by atoms with E-state index in [1.165, 1.54) is 18.2 Å². The van der Waals surface area contributed by atoms with Crippen molar-refractivity contribution in [3.05, 3.63) is 70.3 Å². The predicted molar refractivity (Wildman–Crippen MR) is 96.3 cm³/mol. The van der Waals surface area contributed by atoms with Crippen LogP contribution in [0, 0.1) is 6.92 Å². The maximum absolute atomic E-state index is 12.0. The molecule has 0 spiro atoms. The molecule has 4 nitrogen and oxygen atoms in total. The number of nitrogens with one attached hydrogen (secondary N) is 1. The first-order valence-corrected chi connectivity index (χ1v) is 7.90. The molecule has 124 valence electrons. The Balaban J connectivity index is 2.02. The summed E-state index contributed by atoms with van der Waals surface area (Å²) in [5.74, 6) is -0.768. The number of carbonyl (C=O) groups is 2. The Morgan fingerprint density at radius 3 is 2.50 bits per heavy atom. The predicted octanol–water partition coefficient (Wildman–Crippen LogP) is 4.48. The van der Waals surface area contributed by atoms with E-state index in [1.54, 1.807) is 19.1 Å². The van der Waals surface area contributed by atoms with Crippen LogP contribution >= 0.6 is 11.6 Å². The van der Waals surface area contributed by atoms with Gasteiger partial charge in [-0.25, -0.2) is 4.79 Å². The Hall–Kier alpha value is -2.59. The fraction of sp³-hybridized carbons (Fsp3) is 0.158. The molecule has 0 fully saturated rings. The van der Waals surface area contributed by atoms with Crippen LogP contribution in [-0.4, -0.2) is 18.5 Å². The third kappa shape index (κ3) is 4.96. The standard InChI is InChI=1S/C19H18ClNO3/c1-3-24-19(23)16-10-9-15(12-17(16)20)21-18(22)11-8-14-6-4-13(2)5-7-14/h4-12H,3H2,1-2H3,(H,21,22)/b11-8+. The molecule has 1 N–H and O–H groups in total. The van der Waals surface area contributed by atoms with E-state index in [0.29, 0.717) is 5.69 Å². The highest BCUT2D eigenvalue weighted by Gasteiger charge is 2.12. The van der Waals surface area contributed by atoms with E-state index in [2.05, 4.69) is 5.32 Å². The summed E-state index contributed by atoms with van der Waals surface area (Å²) in [5, 5.41) is 2.93. The third-order valence-electron chi connectivity index (χ3n) is 3.24. The van der Waals surface area contributed by atoms with Crippen molar-refractivity contribution in [3.63, 3.8) is 0 Å². The van der Waals surface area contributed by atoms with Crippen LogP contribution in [0.1, 0.15) is 28.4 Å². The summed E-state index contributed by atoms with van der Waals surface area (Å²) in [6, 6.07) is 12.5. The van der Waals surface area contributed by atoms with Crippen LogP contribution in [0.15, 0.2) is 48.5 Å². The van der Waals surface area contributed by atoms with E-state index < -0.39 is 5.97 Å². The van der Waals surface area contributed by atoms with Gasteiger partial charge in [-0.3, -0.25) is 4.79 Å². The minimum absolute atomic E-state index is 0.230. The Kier molecular flexibility index (Phi) is 6.15. The maximum Gasteiger partial charge on any atom is 0.339 e. The number of hydrogen-bond donors (Lipinski definition) is 1. The van der Waals surface area contributed by atoms with Gasteiger partial charge in [0, 0.05) is 11.8 Å². The van der Waals surface area contributed by atoms with Crippen LogP contribution in [0.3, 0.4) is 0 Å². The van der Waals surface area contributed by atoms with Gasteiger partial charge in [0.15, 0.2) is 0 Å². The van der Waals surface area contributed by atoms with E-state index in [0.717, 1.165) is 11.1 Å². The lowest BCUT2D eigenvalue weighted by atomic mass is 10.1. The van der Waals surface area contributed by atoms with Gasteiger partial charge in [-0.15, -0.1) is 0 Å². The molecule has 5 heteroatoms. The van der Waals surface area contributed by atoms with Crippen LogP contribution in [0.4, 0.5) is 5.69 Å². The number of anilines is 1. The molecule has 0 aliphatic heterocycles. The van der Waals surface area contributed by atoms with Crippen LogP contribution in [0.25, 0.3) is 6.08 Å². The zero-order valence-corrected chi connectivity index (χ0v) is 14.3. The number of aryl methyl sites for hydroxylation is 1. The molecule has 2 aromatic rings. The minimum Gasteiger partial charge on any atom is -0.462 e. The zero-order valence-electron chi connectivity index (χ0n) is 13.5. The quantitative estimate of drug-likeness (QED) is 0.643. The van der Waals surface area contributed by atoms with Gasteiger partial charge in [-0.05, 0) is 43.7 Å². The first-order valence-electron chi connectivity index (χ1n) is 7.52. The van der Waals surface area contributed by atoms with E-state index in [9.17, 15) is 9.59 Å². The van der Waals surface area contributed by atoms with E-state index in [-0.39, 0.29) is 23.1 Å². The van der Waals surface area contributed by atoms with Gasteiger partial charge in [0.25, 0.3) is 0 Å². The van der Waals surface area contributed by atoms with Gasteiger partial charge >= 0.3 is 5.97 Å². The Bertz CT molecular complexity index is 767. The molecule has 2 aromatic carbocycles. The van der Waals surface area contributed by atoms with Crippen molar-refractivity contribution >= 4 is 35.2 Å². The number of amides is 1. The van der Waals surface area contributed by atoms with Crippen molar-refractivity contribution in [2.24, 2.45) is 0 Å². The van der Waals surface area contributed by atoms with Gasteiger partial charge in [-0.2, -0.15) is 0 Å². The normalized spacial score (nSPS) is 10.6. The second kappa shape index (κ2) is 8.31. The number of benzene rings is 2. The fourth-order valence-corrected chi connectivity index (χ4v) is 2.26. The van der Waals surface area contributed by atoms with Gasteiger partial charge in [0.05, 0.1) is 17.2 Å². The second-order valence-electron chi connectivity index (χ2n) is 5.15. The highest BCUT2D eigenvalue weighted by atomic mass is 35.5. The van der Waals surface area contributed by atoms with Crippen LogP contribution < -0.4 is 5.32 Å². The molecule has 0 aliphatic rings. The molecule has 0 atom stereocenters. The topological polar surface area (TPSA) is 55.4 Å². The number of carbonyl (C=O) groups excluding carboxylic acids is 2. The smallest absolute Gasteiger partial charge is 0.339 e. The molecule has 2 rings (SSSR count). The third-order valence-corrected chi connectivity index (χ3v) is 3.55. The van der Waals surface area contributed by atoms with Gasteiger partial charge in [0.1, 0.15) is 0 Å².